The molecular weight excluding hydrogens is 208 g/mol. The maximum atomic E-state index is 11.7. The Labute approximate surface area is 94.7 Å². The third kappa shape index (κ3) is 4.10. The second-order valence-electron chi connectivity index (χ2n) is 3.55. The minimum absolute atomic E-state index is 0.169. The largest absolute Gasteiger partial charge is 0.330 e. The zero-order valence-corrected chi connectivity index (χ0v) is 9.98. The first kappa shape index (κ1) is 12.3. The number of thiazole rings is 1. The van der Waals surface area contributed by atoms with Crippen LogP contribution in [0.1, 0.15) is 48.1 Å². The van der Waals surface area contributed by atoms with Crippen LogP contribution in [0.3, 0.4) is 0 Å². The van der Waals surface area contributed by atoms with Gasteiger partial charge in [0.05, 0.1) is 5.01 Å². The van der Waals surface area contributed by atoms with E-state index in [0.717, 1.165) is 30.7 Å². The molecule has 1 heterocycles. The molecule has 0 unspecified atom stereocenters. The molecule has 2 N–H and O–H groups in total. The standard InChI is InChI=1S/C11H18N2OS/c1-2-3-4-5-10(14)9-8-15-11(13-9)6-7-12/h8H,2-7,12H2,1H3. The Bertz CT molecular complexity index is 309. The van der Waals surface area contributed by atoms with Crippen molar-refractivity contribution in [3.05, 3.63) is 16.1 Å². The van der Waals surface area contributed by atoms with E-state index < -0.39 is 0 Å². The summed E-state index contributed by atoms with van der Waals surface area (Å²) in [6.07, 6.45) is 4.62. The van der Waals surface area contributed by atoms with E-state index in [1.54, 1.807) is 0 Å². The normalized spacial score (nSPS) is 10.5. The number of rotatable bonds is 7. The van der Waals surface area contributed by atoms with Crippen LogP contribution in [0.15, 0.2) is 5.38 Å². The molecule has 0 saturated heterocycles. The van der Waals surface area contributed by atoms with E-state index in [2.05, 4.69) is 11.9 Å². The molecule has 0 atom stereocenters. The van der Waals surface area contributed by atoms with Gasteiger partial charge in [0.1, 0.15) is 5.69 Å². The van der Waals surface area contributed by atoms with Crippen LogP contribution in [0.2, 0.25) is 0 Å². The van der Waals surface area contributed by atoms with E-state index in [4.69, 9.17) is 5.73 Å². The summed E-state index contributed by atoms with van der Waals surface area (Å²) in [6.45, 7) is 2.73. The first-order chi connectivity index (χ1) is 7.27. The molecule has 1 rings (SSSR count). The van der Waals surface area contributed by atoms with Crippen molar-refractivity contribution in [3.8, 4) is 0 Å². The lowest BCUT2D eigenvalue weighted by atomic mass is 10.1. The zero-order chi connectivity index (χ0) is 11.1. The van der Waals surface area contributed by atoms with E-state index in [9.17, 15) is 4.79 Å². The van der Waals surface area contributed by atoms with Gasteiger partial charge >= 0.3 is 0 Å². The van der Waals surface area contributed by atoms with Gasteiger partial charge in [-0.2, -0.15) is 0 Å². The fraction of sp³-hybridized carbons (Fsp3) is 0.636. The molecule has 4 heteroatoms. The summed E-state index contributed by atoms with van der Waals surface area (Å²) in [4.78, 5) is 15.9. The molecule has 0 fully saturated rings. The molecule has 0 radical (unpaired) electrons. The van der Waals surface area contributed by atoms with E-state index in [1.165, 1.54) is 11.3 Å². The number of hydrogen-bond acceptors (Lipinski definition) is 4. The van der Waals surface area contributed by atoms with E-state index in [1.807, 2.05) is 5.38 Å². The minimum Gasteiger partial charge on any atom is -0.330 e. The predicted octanol–water partition coefficient (Wildman–Crippen LogP) is 2.41. The lowest BCUT2D eigenvalue weighted by molar-refractivity contribution is 0.0975. The quantitative estimate of drug-likeness (QED) is 0.574. The van der Waals surface area contributed by atoms with Crippen LogP contribution in [-0.4, -0.2) is 17.3 Å². The third-order valence-corrected chi connectivity index (χ3v) is 3.11. The van der Waals surface area contributed by atoms with Crippen molar-refractivity contribution in [2.24, 2.45) is 5.73 Å². The summed E-state index contributed by atoms with van der Waals surface area (Å²) >= 11 is 1.53. The molecule has 0 aliphatic rings. The highest BCUT2D eigenvalue weighted by Gasteiger charge is 2.09. The maximum Gasteiger partial charge on any atom is 0.182 e. The number of unbranched alkanes of at least 4 members (excludes halogenated alkanes) is 2. The molecule has 0 amide bonds. The van der Waals surface area contributed by atoms with Crippen LogP contribution in [0.25, 0.3) is 0 Å². The highest BCUT2D eigenvalue weighted by Crippen LogP contribution is 2.13. The maximum absolute atomic E-state index is 11.7. The molecule has 3 nitrogen and oxygen atoms in total. The Hall–Kier alpha value is -0.740. The third-order valence-electron chi connectivity index (χ3n) is 2.20. The molecule has 1 aromatic rings. The Morgan fingerprint density at radius 3 is 3.00 bits per heavy atom. The zero-order valence-electron chi connectivity index (χ0n) is 9.16. The van der Waals surface area contributed by atoms with Gasteiger partial charge < -0.3 is 5.73 Å². The molecule has 0 aromatic carbocycles. The number of aromatic nitrogens is 1. The summed E-state index contributed by atoms with van der Waals surface area (Å²) in [5.74, 6) is 0.169. The summed E-state index contributed by atoms with van der Waals surface area (Å²) < 4.78 is 0. The number of nitrogens with zero attached hydrogens (tertiary/aromatic N) is 1. The molecule has 0 spiro atoms. The van der Waals surface area contributed by atoms with Gasteiger partial charge in [0, 0.05) is 18.2 Å². The number of Topliss-reactive ketones (excluding diaryl/α,β-unsaturated/α-hetero) is 1. The molecule has 15 heavy (non-hydrogen) atoms. The Kier molecular flexibility index (Phi) is 5.50. The SMILES string of the molecule is CCCCCC(=O)c1csc(CCN)n1. The van der Waals surface area contributed by atoms with Crippen LogP contribution in [0, 0.1) is 0 Å². The monoisotopic (exact) mass is 226 g/mol. The van der Waals surface area contributed by atoms with Crippen LogP contribution in [0.5, 0.6) is 0 Å². The molecule has 1 aromatic heterocycles. The number of ketones is 1. The molecule has 84 valence electrons. The second kappa shape index (κ2) is 6.69. The highest BCUT2D eigenvalue weighted by atomic mass is 32.1. The van der Waals surface area contributed by atoms with E-state index in [0.29, 0.717) is 18.7 Å². The Morgan fingerprint density at radius 1 is 1.53 bits per heavy atom. The van der Waals surface area contributed by atoms with Crippen molar-refractivity contribution in [2.75, 3.05) is 6.54 Å². The van der Waals surface area contributed by atoms with Gasteiger partial charge in [-0.1, -0.05) is 19.8 Å². The first-order valence-corrected chi connectivity index (χ1v) is 6.33. The van der Waals surface area contributed by atoms with Crippen LogP contribution in [-0.2, 0) is 6.42 Å². The molecule has 0 bridgehead atoms. The Morgan fingerprint density at radius 2 is 2.33 bits per heavy atom. The van der Waals surface area contributed by atoms with Crippen molar-refractivity contribution in [2.45, 2.75) is 39.0 Å². The van der Waals surface area contributed by atoms with Crippen LogP contribution < -0.4 is 5.73 Å². The number of carbonyl (C=O) groups is 1. The summed E-state index contributed by atoms with van der Waals surface area (Å²) in [7, 11) is 0. The van der Waals surface area contributed by atoms with Gasteiger partial charge in [-0.05, 0) is 13.0 Å². The fourth-order valence-electron chi connectivity index (χ4n) is 1.34. The van der Waals surface area contributed by atoms with E-state index in [-0.39, 0.29) is 5.78 Å². The summed E-state index contributed by atoms with van der Waals surface area (Å²) in [5.41, 5.74) is 6.05. The van der Waals surface area contributed by atoms with Crippen LogP contribution >= 0.6 is 11.3 Å². The molecule has 0 aliphatic heterocycles. The highest BCUT2D eigenvalue weighted by molar-refractivity contribution is 7.09. The smallest absolute Gasteiger partial charge is 0.182 e. The predicted molar refractivity (Wildman–Crippen MR) is 63.3 cm³/mol. The van der Waals surface area contributed by atoms with Crippen molar-refractivity contribution in [1.29, 1.82) is 0 Å². The summed E-state index contributed by atoms with van der Waals surface area (Å²) in [6, 6.07) is 0. The summed E-state index contributed by atoms with van der Waals surface area (Å²) in [5, 5.41) is 2.82. The van der Waals surface area contributed by atoms with Gasteiger partial charge in [0.15, 0.2) is 5.78 Å². The van der Waals surface area contributed by atoms with Gasteiger partial charge in [-0.25, -0.2) is 4.98 Å². The van der Waals surface area contributed by atoms with Crippen molar-refractivity contribution < 1.29 is 4.79 Å². The first-order valence-electron chi connectivity index (χ1n) is 5.45. The topological polar surface area (TPSA) is 56.0 Å². The van der Waals surface area contributed by atoms with E-state index >= 15 is 0 Å². The van der Waals surface area contributed by atoms with Gasteiger partial charge in [-0.15, -0.1) is 11.3 Å². The lowest BCUT2D eigenvalue weighted by Gasteiger charge is -1.95. The fourth-order valence-corrected chi connectivity index (χ4v) is 2.16. The average Bonchev–Trinajstić information content (AvgIpc) is 2.67. The van der Waals surface area contributed by atoms with Gasteiger partial charge in [0.25, 0.3) is 0 Å². The minimum atomic E-state index is 0.169. The van der Waals surface area contributed by atoms with Crippen molar-refractivity contribution in [1.82, 2.24) is 4.98 Å². The lowest BCUT2D eigenvalue weighted by Crippen LogP contribution is -2.04. The van der Waals surface area contributed by atoms with Gasteiger partial charge in [-0.3, -0.25) is 4.79 Å². The number of nitrogens with two attached hydrogens (primary N) is 1. The van der Waals surface area contributed by atoms with Gasteiger partial charge in [0.2, 0.25) is 0 Å². The average molecular weight is 226 g/mol. The molecular formula is C11H18N2OS. The second-order valence-corrected chi connectivity index (χ2v) is 4.49. The molecule has 0 saturated carbocycles. The Balaban J connectivity index is 2.43. The van der Waals surface area contributed by atoms with Crippen LogP contribution in [0.4, 0.5) is 0 Å². The molecule has 0 aliphatic carbocycles. The number of carbonyl (C=O) groups excluding carboxylic acids is 1. The van der Waals surface area contributed by atoms with Crippen molar-refractivity contribution in [3.63, 3.8) is 0 Å². The number of hydrogen-bond donors (Lipinski definition) is 1. The van der Waals surface area contributed by atoms with Crippen molar-refractivity contribution >= 4 is 17.1 Å².